The second kappa shape index (κ2) is 12.6. The fourth-order valence-corrected chi connectivity index (χ4v) is 6.25. The molecule has 2 amide bonds. The number of nitrogens with one attached hydrogen (secondary N) is 1. The van der Waals surface area contributed by atoms with Crippen LogP contribution in [0.15, 0.2) is 83.8 Å². The fraction of sp³-hybridized carbons (Fsp3) is 0.310. The number of rotatable bonds is 10. The van der Waals surface area contributed by atoms with Crippen LogP contribution in [0.2, 0.25) is 5.02 Å². The summed E-state index contributed by atoms with van der Waals surface area (Å²) in [6, 6.07) is 19.5. The van der Waals surface area contributed by atoms with E-state index in [1.165, 1.54) is 29.2 Å². The van der Waals surface area contributed by atoms with Crippen molar-refractivity contribution in [2.75, 3.05) is 10.8 Å². The van der Waals surface area contributed by atoms with Gasteiger partial charge in [0.15, 0.2) is 0 Å². The molecule has 0 unspecified atom stereocenters. The molecule has 206 valence electrons. The van der Waals surface area contributed by atoms with Gasteiger partial charge in [0, 0.05) is 12.6 Å². The third-order valence-electron chi connectivity index (χ3n) is 6.87. The highest BCUT2D eigenvalue weighted by molar-refractivity contribution is 7.92. The topological polar surface area (TPSA) is 86.8 Å². The molecule has 0 aliphatic heterocycles. The molecule has 3 aromatic rings. The van der Waals surface area contributed by atoms with E-state index < -0.39 is 34.3 Å². The minimum Gasteiger partial charge on any atom is -0.352 e. The number of halogens is 2. The Morgan fingerprint density at radius 3 is 2.23 bits per heavy atom. The first-order chi connectivity index (χ1) is 18.7. The molecule has 0 radical (unpaired) electrons. The molecule has 4 rings (SSSR count). The van der Waals surface area contributed by atoms with Crippen molar-refractivity contribution in [3.05, 3.63) is 95.3 Å². The summed E-state index contributed by atoms with van der Waals surface area (Å²) in [6.45, 7) is 1.12. The van der Waals surface area contributed by atoms with Crippen molar-refractivity contribution in [2.45, 2.75) is 56.1 Å². The van der Waals surface area contributed by atoms with E-state index in [1.54, 1.807) is 25.1 Å². The predicted molar refractivity (Wildman–Crippen MR) is 149 cm³/mol. The molecule has 0 spiro atoms. The largest absolute Gasteiger partial charge is 0.352 e. The molecule has 0 saturated heterocycles. The molecule has 0 heterocycles. The lowest BCUT2D eigenvalue weighted by Crippen LogP contribution is -2.52. The van der Waals surface area contributed by atoms with Crippen LogP contribution < -0.4 is 9.62 Å². The van der Waals surface area contributed by atoms with Crippen LogP contribution in [0.25, 0.3) is 0 Å². The monoisotopic (exact) mass is 571 g/mol. The van der Waals surface area contributed by atoms with Crippen LogP contribution in [-0.2, 0) is 26.2 Å². The summed E-state index contributed by atoms with van der Waals surface area (Å²) in [6.07, 6.45) is 3.86. The van der Waals surface area contributed by atoms with Crippen LogP contribution in [0.4, 0.5) is 10.1 Å². The fourth-order valence-electron chi connectivity index (χ4n) is 4.64. The van der Waals surface area contributed by atoms with Gasteiger partial charge in [0.1, 0.15) is 18.4 Å². The van der Waals surface area contributed by atoms with E-state index in [0.29, 0.717) is 0 Å². The van der Waals surface area contributed by atoms with Gasteiger partial charge in [-0.05, 0) is 55.7 Å². The molecule has 10 heteroatoms. The lowest BCUT2D eigenvalue weighted by molar-refractivity contribution is -0.139. The Balaban J connectivity index is 1.68. The van der Waals surface area contributed by atoms with Crippen molar-refractivity contribution >= 4 is 39.1 Å². The van der Waals surface area contributed by atoms with Crippen molar-refractivity contribution in [3.8, 4) is 0 Å². The van der Waals surface area contributed by atoms with Crippen LogP contribution in [0.3, 0.4) is 0 Å². The Morgan fingerprint density at radius 1 is 1.00 bits per heavy atom. The summed E-state index contributed by atoms with van der Waals surface area (Å²) in [5.41, 5.74) is 0.815. The molecule has 0 bridgehead atoms. The Morgan fingerprint density at radius 2 is 1.62 bits per heavy atom. The Kier molecular flexibility index (Phi) is 9.24. The Hall–Kier alpha value is -3.43. The van der Waals surface area contributed by atoms with Gasteiger partial charge >= 0.3 is 0 Å². The lowest BCUT2D eigenvalue weighted by Gasteiger charge is -2.32. The first-order valence-corrected chi connectivity index (χ1v) is 14.6. The molecule has 1 saturated carbocycles. The molecule has 1 atom stereocenters. The van der Waals surface area contributed by atoms with Gasteiger partial charge in [-0.25, -0.2) is 12.8 Å². The maximum atomic E-state index is 14.0. The van der Waals surface area contributed by atoms with E-state index >= 15 is 0 Å². The van der Waals surface area contributed by atoms with Crippen molar-refractivity contribution in [3.63, 3.8) is 0 Å². The Bertz CT molecular complexity index is 1400. The normalized spacial score (nSPS) is 14.5. The van der Waals surface area contributed by atoms with E-state index in [0.717, 1.165) is 41.6 Å². The summed E-state index contributed by atoms with van der Waals surface area (Å²) in [5.74, 6) is -1.60. The molecule has 1 aliphatic rings. The Labute approximate surface area is 233 Å². The standard InChI is InChI=1S/C29H31ClFN3O4S/c1-21(29(36)32-23-12-8-9-13-23)33(19-22-10-4-2-5-11-22)28(35)20-34(24-16-17-27(31)26(30)18-24)39(37,38)25-14-6-3-7-15-25/h2-7,10-11,14-18,21,23H,8-9,12-13,19-20H2,1H3,(H,32,36)/t21-/m1/s1. The van der Waals surface area contributed by atoms with Crippen molar-refractivity contribution in [1.82, 2.24) is 10.2 Å². The predicted octanol–water partition coefficient (Wildman–Crippen LogP) is 5.15. The number of hydrogen-bond acceptors (Lipinski definition) is 4. The maximum Gasteiger partial charge on any atom is 0.264 e. The highest BCUT2D eigenvalue weighted by Crippen LogP contribution is 2.28. The summed E-state index contributed by atoms with van der Waals surface area (Å²) >= 11 is 5.99. The van der Waals surface area contributed by atoms with Gasteiger partial charge in [-0.15, -0.1) is 0 Å². The average Bonchev–Trinajstić information content (AvgIpc) is 3.45. The second-order valence-electron chi connectivity index (χ2n) is 9.60. The molecule has 1 aliphatic carbocycles. The van der Waals surface area contributed by atoms with E-state index in [4.69, 9.17) is 11.6 Å². The molecule has 3 aromatic carbocycles. The maximum absolute atomic E-state index is 14.0. The zero-order chi connectivity index (χ0) is 28.0. The third-order valence-corrected chi connectivity index (χ3v) is 8.94. The molecule has 1 N–H and O–H groups in total. The van der Waals surface area contributed by atoms with Gasteiger partial charge < -0.3 is 10.2 Å². The van der Waals surface area contributed by atoms with E-state index in [9.17, 15) is 22.4 Å². The summed E-state index contributed by atoms with van der Waals surface area (Å²) < 4.78 is 42.3. The van der Waals surface area contributed by atoms with Crippen molar-refractivity contribution in [1.29, 1.82) is 0 Å². The molecular weight excluding hydrogens is 541 g/mol. The SMILES string of the molecule is C[C@H](C(=O)NC1CCCC1)N(Cc1ccccc1)C(=O)CN(c1ccc(F)c(Cl)c1)S(=O)(=O)c1ccccc1. The zero-order valence-electron chi connectivity index (χ0n) is 21.6. The number of hydrogen-bond donors (Lipinski definition) is 1. The van der Waals surface area contributed by atoms with Crippen LogP contribution in [-0.4, -0.2) is 43.8 Å². The number of nitrogens with zero attached hydrogens (tertiary/aromatic N) is 2. The third kappa shape index (κ3) is 6.96. The van der Waals surface area contributed by atoms with Crippen LogP contribution in [0, 0.1) is 5.82 Å². The molecular formula is C29H31ClFN3O4S. The summed E-state index contributed by atoms with van der Waals surface area (Å²) in [5, 5.41) is 2.75. The quantitative estimate of drug-likeness (QED) is 0.365. The first kappa shape index (κ1) is 28.6. The van der Waals surface area contributed by atoms with Gasteiger partial charge in [0.2, 0.25) is 11.8 Å². The number of sulfonamides is 1. The van der Waals surface area contributed by atoms with E-state index in [2.05, 4.69) is 5.32 Å². The molecule has 0 aromatic heterocycles. The minimum atomic E-state index is -4.25. The van der Waals surface area contributed by atoms with E-state index in [-0.39, 0.29) is 34.1 Å². The number of carbonyl (C=O) groups excluding carboxylic acids is 2. The number of benzene rings is 3. The van der Waals surface area contributed by atoms with Gasteiger partial charge in [-0.1, -0.05) is 73.0 Å². The number of anilines is 1. The highest BCUT2D eigenvalue weighted by Gasteiger charge is 2.33. The highest BCUT2D eigenvalue weighted by atomic mass is 35.5. The van der Waals surface area contributed by atoms with Gasteiger partial charge in [-0.3, -0.25) is 13.9 Å². The van der Waals surface area contributed by atoms with Crippen molar-refractivity contribution < 1.29 is 22.4 Å². The van der Waals surface area contributed by atoms with Crippen LogP contribution in [0.5, 0.6) is 0 Å². The van der Waals surface area contributed by atoms with Gasteiger partial charge in [0.05, 0.1) is 15.6 Å². The van der Waals surface area contributed by atoms with Gasteiger partial charge in [0.25, 0.3) is 10.0 Å². The lowest BCUT2D eigenvalue weighted by atomic mass is 10.1. The number of amides is 2. The van der Waals surface area contributed by atoms with E-state index in [1.807, 2.05) is 30.3 Å². The minimum absolute atomic E-state index is 0.0290. The summed E-state index contributed by atoms with van der Waals surface area (Å²) in [4.78, 5) is 28.4. The van der Waals surface area contributed by atoms with Gasteiger partial charge in [-0.2, -0.15) is 0 Å². The molecule has 7 nitrogen and oxygen atoms in total. The summed E-state index contributed by atoms with van der Waals surface area (Å²) in [7, 11) is -4.25. The van der Waals surface area contributed by atoms with Crippen LogP contribution >= 0.6 is 11.6 Å². The zero-order valence-corrected chi connectivity index (χ0v) is 23.2. The molecule has 1 fully saturated rings. The smallest absolute Gasteiger partial charge is 0.264 e. The van der Waals surface area contributed by atoms with Crippen LogP contribution in [0.1, 0.15) is 38.2 Å². The van der Waals surface area contributed by atoms with Crippen molar-refractivity contribution in [2.24, 2.45) is 0 Å². The first-order valence-electron chi connectivity index (χ1n) is 12.8. The average molecular weight is 572 g/mol. The second-order valence-corrected chi connectivity index (χ2v) is 11.9. The molecule has 39 heavy (non-hydrogen) atoms. The number of carbonyl (C=O) groups is 2.